The molecule has 0 bridgehead atoms. The van der Waals surface area contributed by atoms with E-state index in [1.165, 1.54) is 25.7 Å². The van der Waals surface area contributed by atoms with E-state index in [4.69, 9.17) is 14.5 Å². The van der Waals surface area contributed by atoms with Crippen LogP contribution < -0.4 is 20.1 Å². The van der Waals surface area contributed by atoms with Gasteiger partial charge in [0.25, 0.3) is 0 Å². The van der Waals surface area contributed by atoms with Crippen LogP contribution in [0.15, 0.2) is 23.2 Å². The van der Waals surface area contributed by atoms with Gasteiger partial charge in [0, 0.05) is 37.3 Å². The fourth-order valence-electron chi connectivity index (χ4n) is 3.53. The van der Waals surface area contributed by atoms with E-state index in [0.29, 0.717) is 13.2 Å². The predicted molar refractivity (Wildman–Crippen MR) is 122 cm³/mol. The number of likely N-dealkylation sites (N-methyl/N-ethyl adjacent to an activating group) is 1. The third-order valence-electron chi connectivity index (χ3n) is 5.03. The van der Waals surface area contributed by atoms with Crippen LogP contribution in [0, 0.1) is 0 Å². The highest BCUT2D eigenvalue weighted by Gasteiger charge is 2.18. The van der Waals surface area contributed by atoms with E-state index in [2.05, 4.69) is 29.5 Å². The van der Waals surface area contributed by atoms with Crippen LogP contribution in [0.4, 0.5) is 5.69 Å². The van der Waals surface area contributed by atoms with Crippen molar-refractivity contribution in [2.75, 3.05) is 45.2 Å². The Morgan fingerprint density at radius 3 is 2.63 bits per heavy atom. The molecular weight excluding hydrogens is 455 g/mol. The Bertz CT molecular complexity index is 606. The molecule has 1 saturated carbocycles. The van der Waals surface area contributed by atoms with Crippen LogP contribution in [0.3, 0.4) is 0 Å². The van der Waals surface area contributed by atoms with Gasteiger partial charge in [0.2, 0.25) is 0 Å². The number of hydrogen-bond acceptors (Lipinski definition) is 4. The minimum Gasteiger partial charge on any atom is -0.490 e. The normalized spacial score (nSPS) is 17.4. The number of guanidine groups is 1. The zero-order valence-electron chi connectivity index (χ0n) is 16.5. The molecule has 0 atom stereocenters. The second kappa shape index (κ2) is 11.6. The molecule has 0 amide bonds. The van der Waals surface area contributed by atoms with Crippen molar-refractivity contribution in [2.24, 2.45) is 4.99 Å². The van der Waals surface area contributed by atoms with E-state index in [-0.39, 0.29) is 24.0 Å². The number of benzene rings is 1. The molecule has 2 aliphatic rings. The molecular formula is C20H33IN4O2. The average molecular weight is 488 g/mol. The number of ether oxygens (including phenoxy) is 2. The Balaban J connectivity index is 0.00000261. The van der Waals surface area contributed by atoms with E-state index >= 15 is 0 Å². The lowest BCUT2D eigenvalue weighted by Gasteiger charge is -2.23. The van der Waals surface area contributed by atoms with Crippen molar-refractivity contribution in [3.63, 3.8) is 0 Å². The van der Waals surface area contributed by atoms with Gasteiger partial charge in [-0.05, 0) is 38.9 Å². The monoisotopic (exact) mass is 488 g/mol. The average Bonchev–Trinajstić information content (AvgIpc) is 3.08. The molecule has 0 unspecified atom stereocenters. The zero-order valence-corrected chi connectivity index (χ0v) is 18.8. The van der Waals surface area contributed by atoms with Gasteiger partial charge in [-0.15, -0.1) is 24.0 Å². The Hall–Kier alpha value is -1.22. The molecule has 27 heavy (non-hydrogen) atoms. The molecule has 3 rings (SSSR count). The fourth-order valence-corrected chi connectivity index (χ4v) is 3.53. The second-order valence-electron chi connectivity index (χ2n) is 7.02. The highest BCUT2D eigenvalue weighted by Crippen LogP contribution is 2.32. The molecule has 0 radical (unpaired) electrons. The van der Waals surface area contributed by atoms with Crippen LogP contribution in [0.1, 0.15) is 39.0 Å². The van der Waals surface area contributed by atoms with Gasteiger partial charge in [-0.2, -0.15) is 0 Å². The van der Waals surface area contributed by atoms with Gasteiger partial charge in [-0.25, -0.2) is 0 Å². The van der Waals surface area contributed by atoms with Crippen molar-refractivity contribution < 1.29 is 9.47 Å². The summed E-state index contributed by atoms with van der Waals surface area (Å²) in [6.45, 7) is 6.08. The van der Waals surface area contributed by atoms with Crippen molar-refractivity contribution in [2.45, 2.75) is 45.1 Å². The van der Waals surface area contributed by atoms with E-state index in [1.807, 2.05) is 18.2 Å². The third-order valence-corrected chi connectivity index (χ3v) is 5.03. The quantitative estimate of drug-likeness (QED) is 0.363. The first kappa shape index (κ1) is 22.1. The molecule has 1 heterocycles. The Kier molecular flexibility index (Phi) is 9.47. The van der Waals surface area contributed by atoms with Gasteiger partial charge in [0.15, 0.2) is 17.5 Å². The summed E-state index contributed by atoms with van der Waals surface area (Å²) in [5.74, 6) is 2.42. The summed E-state index contributed by atoms with van der Waals surface area (Å²) in [5, 5.41) is 6.69. The molecule has 0 spiro atoms. The maximum atomic E-state index is 5.77. The number of rotatable bonds is 6. The van der Waals surface area contributed by atoms with Crippen LogP contribution in [0.25, 0.3) is 0 Å². The smallest absolute Gasteiger partial charge is 0.195 e. The number of nitrogens with zero attached hydrogens (tertiary/aromatic N) is 2. The number of hydrogen-bond donors (Lipinski definition) is 2. The Morgan fingerprint density at radius 2 is 1.89 bits per heavy atom. The maximum Gasteiger partial charge on any atom is 0.195 e. The summed E-state index contributed by atoms with van der Waals surface area (Å²) in [6.07, 6.45) is 6.31. The number of fused-ring (bicyclic) bond motifs is 1. The minimum atomic E-state index is 0. The van der Waals surface area contributed by atoms with E-state index in [0.717, 1.165) is 55.2 Å². The molecule has 1 aromatic carbocycles. The van der Waals surface area contributed by atoms with Crippen LogP contribution in [-0.4, -0.2) is 56.8 Å². The first-order valence-corrected chi connectivity index (χ1v) is 9.91. The van der Waals surface area contributed by atoms with Gasteiger partial charge in [0.1, 0.15) is 0 Å². The maximum absolute atomic E-state index is 5.77. The third kappa shape index (κ3) is 6.71. The topological polar surface area (TPSA) is 58.1 Å². The zero-order chi connectivity index (χ0) is 18.2. The lowest BCUT2D eigenvalue weighted by atomic mass is 10.2. The molecule has 1 fully saturated rings. The molecule has 1 aromatic rings. The van der Waals surface area contributed by atoms with Crippen molar-refractivity contribution in [1.82, 2.24) is 10.2 Å². The molecule has 0 aromatic heterocycles. The van der Waals surface area contributed by atoms with Gasteiger partial charge >= 0.3 is 0 Å². The van der Waals surface area contributed by atoms with Crippen LogP contribution in [-0.2, 0) is 0 Å². The summed E-state index contributed by atoms with van der Waals surface area (Å²) in [5.41, 5.74) is 0.957. The highest BCUT2D eigenvalue weighted by atomic mass is 127. The Morgan fingerprint density at radius 1 is 1.15 bits per heavy atom. The summed E-state index contributed by atoms with van der Waals surface area (Å²) in [4.78, 5) is 7.18. The van der Waals surface area contributed by atoms with Crippen LogP contribution in [0.5, 0.6) is 11.5 Å². The van der Waals surface area contributed by atoms with E-state index < -0.39 is 0 Å². The highest BCUT2D eigenvalue weighted by molar-refractivity contribution is 14.0. The first-order chi connectivity index (χ1) is 12.8. The van der Waals surface area contributed by atoms with Gasteiger partial charge < -0.3 is 25.0 Å². The van der Waals surface area contributed by atoms with Crippen molar-refractivity contribution in [3.8, 4) is 11.5 Å². The fraction of sp³-hybridized carbons (Fsp3) is 0.650. The largest absolute Gasteiger partial charge is 0.490 e. The van der Waals surface area contributed by atoms with Gasteiger partial charge in [-0.3, -0.25) is 4.99 Å². The molecule has 152 valence electrons. The number of anilines is 1. The summed E-state index contributed by atoms with van der Waals surface area (Å²) >= 11 is 0. The minimum absolute atomic E-state index is 0. The van der Waals surface area contributed by atoms with Crippen molar-refractivity contribution >= 4 is 35.6 Å². The Labute approximate surface area is 180 Å². The molecule has 7 heteroatoms. The summed E-state index contributed by atoms with van der Waals surface area (Å²) < 4.78 is 11.5. The molecule has 1 aliphatic carbocycles. The number of nitrogens with one attached hydrogen (secondary N) is 2. The predicted octanol–water partition coefficient (Wildman–Crippen LogP) is 3.72. The molecule has 0 saturated heterocycles. The summed E-state index contributed by atoms with van der Waals surface area (Å²) in [7, 11) is 2.22. The SMILES string of the molecule is CCNC(=NCCN(C)C1CCCC1)Nc1ccc2c(c1)OCCCO2.I. The lowest BCUT2D eigenvalue weighted by molar-refractivity contribution is 0.252. The van der Waals surface area contributed by atoms with Crippen molar-refractivity contribution in [3.05, 3.63) is 18.2 Å². The van der Waals surface area contributed by atoms with Gasteiger partial charge in [0.05, 0.1) is 19.8 Å². The van der Waals surface area contributed by atoms with E-state index in [1.54, 1.807) is 0 Å². The number of aliphatic imine (C=N–C) groups is 1. The summed E-state index contributed by atoms with van der Waals surface area (Å²) in [6, 6.07) is 6.69. The van der Waals surface area contributed by atoms with Crippen molar-refractivity contribution in [1.29, 1.82) is 0 Å². The van der Waals surface area contributed by atoms with Crippen LogP contribution in [0.2, 0.25) is 0 Å². The van der Waals surface area contributed by atoms with Crippen LogP contribution >= 0.6 is 24.0 Å². The molecule has 2 N–H and O–H groups in total. The standard InChI is InChI=1S/C20H32N4O2.HI/c1-3-21-20(22-11-12-24(2)17-7-4-5-8-17)23-16-9-10-18-19(15-16)26-14-6-13-25-18;/h9-10,15,17H,3-8,11-14H2,1-2H3,(H2,21,22,23);1H. The lowest BCUT2D eigenvalue weighted by Crippen LogP contribution is -2.34. The molecule has 6 nitrogen and oxygen atoms in total. The number of halogens is 1. The van der Waals surface area contributed by atoms with Gasteiger partial charge in [-0.1, -0.05) is 12.8 Å². The first-order valence-electron chi connectivity index (χ1n) is 9.91. The molecule has 1 aliphatic heterocycles. The van der Waals surface area contributed by atoms with E-state index in [9.17, 15) is 0 Å². The second-order valence-corrected chi connectivity index (χ2v) is 7.02.